The van der Waals surface area contributed by atoms with Gasteiger partial charge in [0, 0.05) is 43.9 Å². The van der Waals surface area contributed by atoms with E-state index in [2.05, 4.69) is 10.2 Å². The molecule has 164 valence electrons. The summed E-state index contributed by atoms with van der Waals surface area (Å²) in [6.45, 7) is 10.5. The highest BCUT2D eigenvalue weighted by Crippen LogP contribution is 2.44. The molecule has 1 heterocycles. The Labute approximate surface area is 175 Å². The van der Waals surface area contributed by atoms with Crippen molar-refractivity contribution in [3.8, 4) is 22.6 Å². The summed E-state index contributed by atoms with van der Waals surface area (Å²) in [7, 11) is 0. The number of rotatable bonds is 6. The number of nitrogens with zero attached hydrogens (tertiary/aromatic N) is 1. The maximum Gasteiger partial charge on any atom is 0.416 e. The molecular weight excluding hydrogens is 393 g/mol. The minimum Gasteiger partial charge on any atom is -0.508 e. The molecule has 0 bridgehead atoms. The van der Waals surface area contributed by atoms with Gasteiger partial charge in [0.1, 0.15) is 18.1 Å². The van der Waals surface area contributed by atoms with E-state index in [1.54, 1.807) is 19.1 Å². The number of hydrogen-bond donors (Lipinski definition) is 2. The van der Waals surface area contributed by atoms with Gasteiger partial charge in [-0.1, -0.05) is 26.0 Å². The number of aromatic hydroxyl groups is 1. The van der Waals surface area contributed by atoms with Gasteiger partial charge in [-0.2, -0.15) is 13.2 Å². The monoisotopic (exact) mass is 422 g/mol. The molecule has 3 rings (SSSR count). The summed E-state index contributed by atoms with van der Waals surface area (Å²) in [6, 6.07) is 6.93. The fourth-order valence-corrected chi connectivity index (χ4v) is 3.76. The summed E-state index contributed by atoms with van der Waals surface area (Å²) in [4.78, 5) is 2.28. The summed E-state index contributed by atoms with van der Waals surface area (Å²) in [5.74, 6) is 0.538. The Hall–Kier alpha value is -2.25. The number of ether oxygens (including phenoxy) is 1. The van der Waals surface area contributed by atoms with E-state index in [0.29, 0.717) is 29.0 Å². The topological polar surface area (TPSA) is 44.7 Å². The normalized spacial score (nSPS) is 15.6. The van der Waals surface area contributed by atoms with Crippen LogP contribution in [0.4, 0.5) is 13.2 Å². The molecule has 2 N–H and O–H groups in total. The molecule has 7 heteroatoms. The van der Waals surface area contributed by atoms with Crippen LogP contribution < -0.4 is 10.1 Å². The Morgan fingerprint density at radius 2 is 1.87 bits per heavy atom. The third kappa shape index (κ3) is 5.08. The van der Waals surface area contributed by atoms with Gasteiger partial charge < -0.3 is 15.2 Å². The SMILES string of the molecule is Cc1c(O)cc(C(C)C)c(-c2cccc(C(F)(F)F)c2)c1OCCN1CCNCC1. The smallest absolute Gasteiger partial charge is 0.416 e. The van der Waals surface area contributed by atoms with E-state index in [-0.39, 0.29) is 11.7 Å². The zero-order valence-electron chi connectivity index (χ0n) is 17.6. The first-order chi connectivity index (χ1) is 14.2. The first-order valence-electron chi connectivity index (χ1n) is 10.3. The number of phenolic OH excluding ortho intramolecular Hbond substituents is 1. The summed E-state index contributed by atoms with van der Waals surface area (Å²) >= 11 is 0. The number of hydrogen-bond acceptors (Lipinski definition) is 4. The molecule has 0 amide bonds. The standard InChI is InChI=1S/C23H29F3N2O2/c1-15(2)19-14-20(29)16(3)22(30-12-11-28-9-7-27-8-10-28)21(19)17-5-4-6-18(13-17)23(24,25)26/h4-6,13-15,27,29H,7-12H2,1-3H3. The summed E-state index contributed by atoms with van der Waals surface area (Å²) in [5, 5.41) is 13.8. The van der Waals surface area contributed by atoms with Crippen LogP contribution in [-0.2, 0) is 6.18 Å². The highest BCUT2D eigenvalue weighted by Gasteiger charge is 2.31. The van der Waals surface area contributed by atoms with Crippen LogP contribution >= 0.6 is 0 Å². The molecule has 0 atom stereocenters. The third-order valence-corrected chi connectivity index (χ3v) is 5.50. The molecule has 0 spiro atoms. The van der Waals surface area contributed by atoms with E-state index in [1.165, 1.54) is 6.07 Å². The Morgan fingerprint density at radius 3 is 2.50 bits per heavy atom. The molecule has 0 saturated carbocycles. The maximum absolute atomic E-state index is 13.3. The Bertz CT molecular complexity index is 875. The van der Waals surface area contributed by atoms with Gasteiger partial charge >= 0.3 is 6.18 Å². The minimum absolute atomic E-state index is 0.00318. The van der Waals surface area contributed by atoms with Crippen LogP contribution in [0.1, 0.15) is 36.5 Å². The van der Waals surface area contributed by atoms with Crippen molar-refractivity contribution in [2.75, 3.05) is 39.3 Å². The molecule has 0 unspecified atom stereocenters. The van der Waals surface area contributed by atoms with Crippen molar-refractivity contribution >= 4 is 0 Å². The van der Waals surface area contributed by atoms with Crippen molar-refractivity contribution in [3.05, 3.63) is 47.0 Å². The van der Waals surface area contributed by atoms with E-state index in [4.69, 9.17) is 4.74 Å². The second-order valence-electron chi connectivity index (χ2n) is 7.99. The van der Waals surface area contributed by atoms with E-state index in [0.717, 1.165) is 50.4 Å². The van der Waals surface area contributed by atoms with Gasteiger partial charge in [0.15, 0.2) is 0 Å². The average molecular weight is 422 g/mol. The molecule has 2 aromatic carbocycles. The minimum atomic E-state index is -4.43. The van der Waals surface area contributed by atoms with Crippen LogP contribution in [-0.4, -0.2) is 49.3 Å². The van der Waals surface area contributed by atoms with Gasteiger partial charge in [0.25, 0.3) is 0 Å². The van der Waals surface area contributed by atoms with Crippen molar-refractivity contribution < 1.29 is 23.0 Å². The zero-order valence-corrected chi connectivity index (χ0v) is 17.6. The Balaban J connectivity index is 2.00. The first-order valence-corrected chi connectivity index (χ1v) is 10.3. The van der Waals surface area contributed by atoms with Crippen LogP contribution in [0.5, 0.6) is 11.5 Å². The molecule has 4 nitrogen and oxygen atoms in total. The highest BCUT2D eigenvalue weighted by molar-refractivity contribution is 5.78. The molecule has 2 aromatic rings. The van der Waals surface area contributed by atoms with Crippen LogP contribution in [0.15, 0.2) is 30.3 Å². The predicted octanol–water partition coefficient (Wildman–Crippen LogP) is 4.79. The number of phenols is 1. The van der Waals surface area contributed by atoms with Gasteiger partial charge in [0.05, 0.1) is 5.56 Å². The van der Waals surface area contributed by atoms with Crippen LogP contribution in [0.25, 0.3) is 11.1 Å². The fraction of sp³-hybridized carbons (Fsp3) is 0.478. The summed E-state index contributed by atoms with van der Waals surface area (Å²) in [6.07, 6.45) is -4.43. The molecule has 0 aliphatic carbocycles. The molecule has 30 heavy (non-hydrogen) atoms. The summed E-state index contributed by atoms with van der Waals surface area (Å²) in [5.41, 5.74) is 1.65. The van der Waals surface area contributed by atoms with Crippen molar-refractivity contribution in [2.45, 2.75) is 32.9 Å². The largest absolute Gasteiger partial charge is 0.508 e. The maximum atomic E-state index is 13.3. The average Bonchev–Trinajstić information content (AvgIpc) is 2.71. The third-order valence-electron chi connectivity index (χ3n) is 5.50. The van der Waals surface area contributed by atoms with Crippen molar-refractivity contribution in [1.82, 2.24) is 10.2 Å². The van der Waals surface area contributed by atoms with Gasteiger partial charge in [0.2, 0.25) is 0 Å². The molecule has 1 aliphatic heterocycles. The zero-order chi connectivity index (χ0) is 21.9. The van der Waals surface area contributed by atoms with E-state index in [1.807, 2.05) is 13.8 Å². The number of alkyl halides is 3. The molecular formula is C23H29F3N2O2. The summed E-state index contributed by atoms with van der Waals surface area (Å²) < 4.78 is 46.1. The lowest BCUT2D eigenvalue weighted by atomic mass is 9.89. The fourth-order valence-electron chi connectivity index (χ4n) is 3.76. The lowest BCUT2D eigenvalue weighted by Crippen LogP contribution is -2.44. The van der Waals surface area contributed by atoms with Crippen molar-refractivity contribution in [2.24, 2.45) is 0 Å². The molecule has 1 fully saturated rings. The predicted molar refractivity (Wildman–Crippen MR) is 112 cm³/mol. The lowest BCUT2D eigenvalue weighted by Gasteiger charge is -2.28. The van der Waals surface area contributed by atoms with Crippen LogP contribution in [0.2, 0.25) is 0 Å². The highest BCUT2D eigenvalue weighted by atomic mass is 19.4. The second-order valence-corrected chi connectivity index (χ2v) is 7.99. The molecule has 0 radical (unpaired) electrons. The number of halogens is 3. The molecule has 1 saturated heterocycles. The van der Waals surface area contributed by atoms with Gasteiger partial charge in [-0.25, -0.2) is 0 Å². The van der Waals surface area contributed by atoms with Gasteiger partial charge in [-0.3, -0.25) is 4.90 Å². The number of nitrogens with one attached hydrogen (secondary N) is 1. The van der Waals surface area contributed by atoms with Crippen molar-refractivity contribution in [1.29, 1.82) is 0 Å². The van der Waals surface area contributed by atoms with Crippen LogP contribution in [0, 0.1) is 6.92 Å². The Morgan fingerprint density at radius 1 is 1.17 bits per heavy atom. The number of piperazine rings is 1. The second kappa shape index (κ2) is 9.27. The van der Waals surface area contributed by atoms with E-state index >= 15 is 0 Å². The first kappa shape index (κ1) is 22.4. The molecule has 0 aromatic heterocycles. The van der Waals surface area contributed by atoms with Crippen molar-refractivity contribution in [3.63, 3.8) is 0 Å². The lowest BCUT2D eigenvalue weighted by molar-refractivity contribution is -0.137. The van der Waals surface area contributed by atoms with Gasteiger partial charge in [-0.15, -0.1) is 0 Å². The van der Waals surface area contributed by atoms with Crippen LogP contribution in [0.3, 0.4) is 0 Å². The van der Waals surface area contributed by atoms with Gasteiger partial charge in [-0.05, 0) is 42.2 Å². The van der Waals surface area contributed by atoms with E-state index < -0.39 is 11.7 Å². The molecule has 1 aliphatic rings. The quantitative estimate of drug-likeness (QED) is 0.702. The Kier molecular flexibility index (Phi) is 6.93. The number of benzene rings is 2. The van der Waals surface area contributed by atoms with E-state index in [9.17, 15) is 18.3 Å².